The Labute approximate surface area is 200 Å². The van der Waals surface area contributed by atoms with Gasteiger partial charge < -0.3 is 9.62 Å². The van der Waals surface area contributed by atoms with Crippen molar-refractivity contribution in [3.8, 4) is 11.1 Å². The lowest BCUT2D eigenvalue weighted by Crippen LogP contribution is -2.55. The van der Waals surface area contributed by atoms with Crippen LogP contribution in [0.25, 0.3) is 31.3 Å². The van der Waals surface area contributed by atoms with Gasteiger partial charge in [-0.2, -0.15) is 0 Å². The average molecular weight is 456 g/mol. The summed E-state index contributed by atoms with van der Waals surface area (Å²) in [4.78, 5) is 5.07. The molecule has 4 aromatic carbocycles. The van der Waals surface area contributed by atoms with Gasteiger partial charge in [-0.1, -0.05) is 54.6 Å². The smallest absolute Gasteiger partial charge is 0.360 e. The van der Waals surface area contributed by atoms with Gasteiger partial charge in [-0.15, -0.1) is 22.7 Å². The summed E-state index contributed by atoms with van der Waals surface area (Å²) < 4.78 is 2.69. The highest BCUT2D eigenvalue weighted by Crippen LogP contribution is 2.53. The molecule has 154 valence electrons. The molecule has 33 heavy (non-hydrogen) atoms. The van der Waals surface area contributed by atoms with Crippen LogP contribution in [0.4, 0.5) is 22.1 Å². The number of hydrogen-bond acceptors (Lipinski definition) is 4. The van der Waals surface area contributed by atoms with Crippen LogP contribution in [0.2, 0.25) is 0 Å². The van der Waals surface area contributed by atoms with Crippen molar-refractivity contribution in [2.45, 2.75) is 0 Å². The summed E-state index contributed by atoms with van der Waals surface area (Å²) in [5.41, 5.74) is 7.81. The Hall–Kier alpha value is -3.54. The van der Waals surface area contributed by atoms with E-state index in [0.29, 0.717) is 0 Å². The molecule has 0 aliphatic carbocycles. The summed E-state index contributed by atoms with van der Waals surface area (Å²) in [6.45, 7) is 0.104. The molecule has 0 radical (unpaired) electrons. The van der Waals surface area contributed by atoms with Gasteiger partial charge in [0.1, 0.15) is 0 Å². The van der Waals surface area contributed by atoms with Crippen molar-refractivity contribution in [3.05, 3.63) is 102 Å². The first-order chi connectivity index (χ1) is 16.4. The van der Waals surface area contributed by atoms with Crippen molar-refractivity contribution in [3.63, 3.8) is 0 Å². The maximum Gasteiger partial charge on any atom is 0.422 e. The SMILES string of the molecule is c1ccc2c(c1)B1N(c3ccc4sc5ccccc5c4c3)c3ccccc3N1c1sccc1-2. The fourth-order valence-electron chi connectivity index (χ4n) is 5.55. The highest BCUT2D eigenvalue weighted by Gasteiger charge is 2.48. The van der Waals surface area contributed by atoms with Crippen LogP contribution in [0.5, 0.6) is 0 Å². The van der Waals surface area contributed by atoms with Crippen LogP contribution in [-0.2, 0) is 0 Å². The van der Waals surface area contributed by atoms with Crippen LogP contribution >= 0.6 is 22.7 Å². The molecule has 2 aromatic heterocycles. The maximum atomic E-state index is 2.54. The minimum Gasteiger partial charge on any atom is -0.360 e. The summed E-state index contributed by atoms with van der Waals surface area (Å²) in [5.74, 6) is 0. The molecule has 4 heterocycles. The van der Waals surface area contributed by atoms with E-state index in [4.69, 9.17) is 0 Å². The minimum atomic E-state index is 0.104. The molecule has 2 nitrogen and oxygen atoms in total. The van der Waals surface area contributed by atoms with Crippen LogP contribution in [0.15, 0.2) is 102 Å². The Bertz CT molecular complexity index is 1720. The van der Waals surface area contributed by atoms with E-state index < -0.39 is 0 Å². The topological polar surface area (TPSA) is 6.48 Å². The Morgan fingerprint density at radius 1 is 0.606 bits per heavy atom. The predicted molar refractivity (Wildman–Crippen MR) is 145 cm³/mol. The normalized spacial score (nSPS) is 13.9. The molecule has 0 N–H and O–H groups in total. The molecule has 0 saturated heterocycles. The van der Waals surface area contributed by atoms with Gasteiger partial charge in [0.15, 0.2) is 0 Å². The molecule has 2 aliphatic heterocycles. The lowest BCUT2D eigenvalue weighted by atomic mass is 9.60. The van der Waals surface area contributed by atoms with Gasteiger partial charge in [0.05, 0.1) is 16.4 Å². The summed E-state index contributed by atoms with van der Waals surface area (Å²) in [6, 6.07) is 35.7. The van der Waals surface area contributed by atoms with Gasteiger partial charge >= 0.3 is 6.98 Å². The van der Waals surface area contributed by atoms with Crippen molar-refractivity contribution in [1.82, 2.24) is 0 Å². The van der Waals surface area contributed by atoms with Gasteiger partial charge in [0.2, 0.25) is 0 Å². The molecule has 2 aliphatic rings. The summed E-state index contributed by atoms with van der Waals surface area (Å²) in [5, 5.41) is 6.23. The van der Waals surface area contributed by atoms with Crippen molar-refractivity contribution >= 4 is 77.4 Å². The third kappa shape index (κ3) is 2.33. The largest absolute Gasteiger partial charge is 0.422 e. The van der Waals surface area contributed by atoms with E-state index in [1.165, 1.54) is 58.8 Å². The van der Waals surface area contributed by atoms with Crippen LogP contribution in [0, 0.1) is 0 Å². The first kappa shape index (κ1) is 18.0. The number of anilines is 4. The fourth-order valence-corrected chi connectivity index (χ4v) is 7.59. The second-order valence-corrected chi connectivity index (χ2v) is 10.6. The summed E-state index contributed by atoms with van der Waals surface area (Å²) in [7, 11) is 0. The number of thiophene rings is 2. The summed E-state index contributed by atoms with van der Waals surface area (Å²) in [6.07, 6.45) is 0. The lowest BCUT2D eigenvalue weighted by Gasteiger charge is -2.34. The second-order valence-electron chi connectivity index (χ2n) is 8.61. The van der Waals surface area contributed by atoms with Crippen molar-refractivity contribution < 1.29 is 0 Å². The van der Waals surface area contributed by atoms with E-state index in [1.807, 2.05) is 22.7 Å². The van der Waals surface area contributed by atoms with Crippen molar-refractivity contribution in [2.24, 2.45) is 0 Å². The molecule has 0 fully saturated rings. The molecule has 0 atom stereocenters. The van der Waals surface area contributed by atoms with Crippen molar-refractivity contribution in [1.29, 1.82) is 0 Å². The number of fused-ring (bicyclic) bond motifs is 11. The number of benzene rings is 4. The molecule has 6 aromatic rings. The molecule has 8 rings (SSSR count). The van der Waals surface area contributed by atoms with E-state index in [9.17, 15) is 0 Å². The molecule has 5 heteroatoms. The zero-order chi connectivity index (χ0) is 21.5. The minimum absolute atomic E-state index is 0.104. The number of hydrogen-bond donors (Lipinski definition) is 0. The zero-order valence-electron chi connectivity index (χ0n) is 17.6. The molecule has 0 unspecified atom stereocenters. The zero-order valence-corrected chi connectivity index (χ0v) is 19.2. The van der Waals surface area contributed by atoms with Gasteiger partial charge in [-0.05, 0) is 58.9 Å². The predicted octanol–water partition coefficient (Wildman–Crippen LogP) is 7.78. The van der Waals surface area contributed by atoms with Gasteiger partial charge in [0, 0.05) is 31.4 Å². The van der Waals surface area contributed by atoms with E-state index in [1.54, 1.807) is 0 Å². The van der Waals surface area contributed by atoms with Gasteiger partial charge in [-0.3, -0.25) is 0 Å². The molecule has 0 bridgehead atoms. The van der Waals surface area contributed by atoms with E-state index in [-0.39, 0.29) is 6.98 Å². The quantitative estimate of drug-likeness (QED) is 0.233. The Morgan fingerprint density at radius 3 is 2.30 bits per heavy atom. The van der Waals surface area contributed by atoms with Crippen LogP contribution in [0.1, 0.15) is 0 Å². The highest BCUT2D eigenvalue weighted by molar-refractivity contribution is 7.25. The van der Waals surface area contributed by atoms with E-state index in [0.717, 1.165) is 0 Å². The molecule has 0 spiro atoms. The van der Waals surface area contributed by atoms with Crippen LogP contribution < -0.4 is 15.1 Å². The first-order valence-corrected chi connectivity index (χ1v) is 12.8. The maximum absolute atomic E-state index is 2.54. The fraction of sp³-hybridized carbons (Fsp3) is 0. The van der Waals surface area contributed by atoms with Gasteiger partial charge in [0.25, 0.3) is 0 Å². The molecule has 0 saturated carbocycles. The Kier molecular flexibility index (Phi) is 3.54. The number of para-hydroxylation sites is 2. The number of rotatable bonds is 1. The third-order valence-electron chi connectivity index (χ3n) is 6.92. The Morgan fingerprint density at radius 2 is 1.36 bits per heavy atom. The van der Waals surface area contributed by atoms with Gasteiger partial charge in [-0.25, -0.2) is 0 Å². The lowest BCUT2D eigenvalue weighted by molar-refractivity contribution is 1.41. The van der Waals surface area contributed by atoms with Crippen LogP contribution in [-0.4, -0.2) is 6.98 Å². The van der Waals surface area contributed by atoms with Crippen molar-refractivity contribution in [2.75, 3.05) is 9.62 Å². The average Bonchev–Trinajstić information content (AvgIpc) is 3.57. The summed E-state index contributed by atoms with van der Waals surface area (Å²) >= 11 is 3.71. The Balaban J connectivity index is 1.42. The standard InChI is InChI=1S/C28H17BN2S2/c1-3-9-23-19(7-1)21-15-16-32-28(21)31-25-11-5-4-10-24(25)30(29(23)31)18-13-14-27-22(17-18)20-8-2-6-12-26(20)33-27/h1-17H. The number of nitrogens with zero attached hydrogens (tertiary/aromatic N) is 2. The van der Waals surface area contributed by atoms with E-state index >= 15 is 0 Å². The molecule has 0 amide bonds. The highest BCUT2D eigenvalue weighted by atomic mass is 32.1. The monoisotopic (exact) mass is 456 g/mol. The molecular weight excluding hydrogens is 439 g/mol. The van der Waals surface area contributed by atoms with E-state index in [2.05, 4.69) is 112 Å². The molecular formula is C28H17BN2S2. The first-order valence-electron chi connectivity index (χ1n) is 11.1. The second kappa shape index (κ2) is 6.50. The van der Waals surface area contributed by atoms with Crippen LogP contribution in [0.3, 0.4) is 0 Å². The third-order valence-corrected chi connectivity index (χ3v) is 8.98.